The number of hydrogen-bond donors (Lipinski definition) is 2. The molecule has 0 aliphatic carbocycles. The highest BCUT2D eigenvalue weighted by Gasteiger charge is 2.21. The van der Waals surface area contributed by atoms with Crippen molar-refractivity contribution in [1.29, 1.82) is 0 Å². The molecule has 1 aromatic heterocycles. The normalized spacial score (nSPS) is 15.3. The Bertz CT molecular complexity index is 314. The molecule has 86 valence electrons. The summed E-state index contributed by atoms with van der Waals surface area (Å²) in [5, 5.41) is 23.3. The van der Waals surface area contributed by atoms with E-state index in [1.807, 2.05) is 11.6 Å². The van der Waals surface area contributed by atoms with Gasteiger partial charge in [-0.15, -0.1) is 11.6 Å². The Morgan fingerprint density at radius 2 is 2.20 bits per heavy atom. The van der Waals surface area contributed by atoms with Gasteiger partial charge in [-0.05, 0) is 13.3 Å². The van der Waals surface area contributed by atoms with E-state index in [-0.39, 0.29) is 5.88 Å². The highest BCUT2D eigenvalue weighted by Crippen LogP contribution is 2.21. The maximum Gasteiger partial charge on any atom is 0.109 e. The van der Waals surface area contributed by atoms with Crippen molar-refractivity contribution in [3.63, 3.8) is 0 Å². The van der Waals surface area contributed by atoms with Crippen LogP contribution in [-0.4, -0.2) is 32.0 Å². The number of aromatic nitrogens is 2. The molecule has 2 unspecified atom stereocenters. The largest absolute Gasteiger partial charge is 0.389 e. The molecule has 0 saturated carbocycles. The maximum absolute atomic E-state index is 9.76. The minimum atomic E-state index is -0.951. The quantitative estimate of drug-likeness (QED) is 0.751. The van der Waals surface area contributed by atoms with Gasteiger partial charge in [0.05, 0.1) is 18.2 Å². The van der Waals surface area contributed by atoms with E-state index in [4.69, 9.17) is 11.6 Å². The maximum atomic E-state index is 9.76. The van der Waals surface area contributed by atoms with Gasteiger partial charge in [-0.2, -0.15) is 5.10 Å². The second-order valence-electron chi connectivity index (χ2n) is 3.57. The molecule has 0 fully saturated rings. The van der Waals surface area contributed by atoms with Crippen LogP contribution in [0.1, 0.15) is 30.7 Å². The standard InChI is InChI=1S/C10H17ClN2O2/c1-3-4-13-7(2)8(6-12-13)10(15)9(14)5-11/h6,9-10,14-15H,3-5H2,1-2H3. The Hall–Kier alpha value is -0.580. The smallest absolute Gasteiger partial charge is 0.109 e. The summed E-state index contributed by atoms with van der Waals surface area (Å²) in [6, 6.07) is 0. The van der Waals surface area contributed by atoms with E-state index in [1.54, 1.807) is 6.20 Å². The molecule has 2 atom stereocenters. The first-order chi connectivity index (χ1) is 7.11. The molecule has 1 heterocycles. The minimum Gasteiger partial charge on any atom is -0.389 e. The first kappa shape index (κ1) is 12.5. The fourth-order valence-electron chi connectivity index (χ4n) is 1.48. The van der Waals surface area contributed by atoms with Crippen molar-refractivity contribution in [2.45, 2.75) is 39.0 Å². The van der Waals surface area contributed by atoms with E-state index in [1.165, 1.54) is 0 Å². The lowest BCUT2D eigenvalue weighted by atomic mass is 10.1. The lowest BCUT2D eigenvalue weighted by Crippen LogP contribution is -2.20. The Kier molecular flexibility index (Phi) is 4.57. The molecule has 0 saturated heterocycles. The average molecular weight is 233 g/mol. The van der Waals surface area contributed by atoms with E-state index < -0.39 is 12.2 Å². The molecule has 0 amide bonds. The van der Waals surface area contributed by atoms with E-state index in [0.29, 0.717) is 5.56 Å². The predicted molar refractivity (Wildman–Crippen MR) is 58.9 cm³/mol. The van der Waals surface area contributed by atoms with Crippen LogP contribution in [0.3, 0.4) is 0 Å². The topological polar surface area (TPSA) is 58.3 Å². The number of aliphatic hydroxyl groups excluding tert-OH is 2. The van der Waals surface area contributed by atoms with E-state index in [0.717, 1.165) is 18.7 Å². The minimum absolute atomic E-state index is 0.0135. The van der Waals surface area contributed by atoms with Crippen LogP contribution in [0.2, 0.25) is 0 Å². The summed E-state index contributed by atoms with van der Waals surface area (Å²) in [4.78, 5) is 0. The number of aliphatic hydroxyl groups is 2. The lowest BCUT2D eigenvalue weighted by Gasteiger charge is -2.15. The number of rotatable bonds is 5. The molecule has 0 aliphatic rings. The van der Waals surface area contributed by atoms with Crippen LogP contribution in [0.5, 0.6) is 0 Å². The van der Waals surface area contributed by atoms with Gasteiger partial charge in [-0.3, -0.25) is 4.68 Å². The number of aryl methyl sites for hydroxylation is 1. The summed E-state index contributed by atoms with van der Waals surface area (Å²) in [5.41, 5.74) is 1.53. The van der Waals surface area contributed by atoms with Crippen LogP contribution in [0.4, 0.5) is 0 Å². The van der Waals surface area contributed by atoms with Crippen molar-refractivity contribution in [3.05, 3.63) is 17.5 Å². The Balaban J connectivity index is 2.85. The number of alkyl halides is 1. The van der Waals surface area contributed by atoms with E-state index in [2.05, 4.69) is 12.0 Å². The van der Waals surface area contributed by atoms with Gasteiger partial charge in [0, 0.05) is 17.8 Å². The van der Waals surface area contributed by atoms with Gasteiger partial charge in [0.15, 0.2) is 0 Å². The molecular formula is C10H17ClN2O2. The first-order valence-electron chi connectivity index (χ1n) is 5.06. The van der Waals surface area contributed by atoms with E-state index >= 15 is 0 Å². The van der Waals surface area contributed by atoms with Crippen LogP contribution < -0.4 is 0 Å². The highest BCUT2D eigenvalue weighted by molar-refractivity contribution is 6.18. The second kappa shape index (κ2) is 5.49. The van der Waals surface area contributed by atoms with Crippen LogP contribution in [0, 0.1) is 6.92 Å². The highest BCUT2D eigenvalue weighted by atomic mass is 35.5. The van der Waals surface area contributed by atoms with Gasteiger partial charge in [0.2, 0.25) is 0 Å². The van der Waals surface area contributed by atoms with Crippen molar-refractivity contribution in [1.82, 2.24) is 9.78 Å². The summed E-state index contributed by atoms with van der Waals surface area (Å²) in [6.45, 7) is 4.75. The van der Waals surface area contributed by atoms with Gasteiger partial charge in [0.1, 0.15) is 6.10 Å². The van der Waals surface area contributed by atoms with Crippen molar-refractivity contribution in [2.75, 3.05) is 5.88 Å². The summed E-state index contributed by atoms with van der Waals surface area (Å²) in [5.74, 6) is 0.0135. The third kappa shape index (κ3) is 2.71. The third-order valence-electron chi connectivity index (χ3n) is 2.42. The van der Waals surface area contributed by atoms with Crippen molar-refractivity contribution in [2.24, 2.45) is 0 Å². The third-order valence-corrected chi connectivity index (χ3v) is 2.73. The summed E-state index contributed by atoms with van der Waals surface area (Å²) < 4.78 is 1.82. The number of hydrogen-bond acceptors (Lipinski definition) is 3. The predicted octanol–water partition coefficient (Wildman–Crippen LogP) is 1.23. The van der Waals surface area contributed by atoms with Crippen molar-refractivity contribution in [3.8, 4) is 0 Å². The first-order valence-corrected chi connectivity index (χ1v) is 5.59. The van der Waals surface area contributed by atoms with Crippen LogP contribution in [0.15, 0.2) is 6.20 Å². The van der Waals surface area contributed by atoms with Gasteiger partial charge in [0.25, 0.3) is 0 Å². The molecule has 0 spiro atoms. The number of nitrogens with zero attached hydrogens (tertiary/aromatic N) is 2. The molecule has 5 heteroatoms. The van der Waals surface area contributed by atoms with Gasteiger partial charge in [-0.1, -0.05) is 6.92 Å². The SMILES string of the molecule is CCCn1ncc(C(O)C(O)CCl)c1C. The molecular weight excluding hydrogens is 216 g/mol. The number of halogens is 1. The van der Waals surface area contributed by atoms with Gasteiger partial charge < -0.3 is 10.2 Å². The summed E-state index contributed by atoms with van der Waals surface area (Å²) in [6.07, 6.45) is 0.680. The molecule has 0 aliphatic heterocycles. The molecule has 1 rings (SSSR count). The Morgan fingerprint density at radius 3 is 2.73 bits per heavy atom. The van der Waals surface area contributed by atoms with Gasteiger partial charge >= 0.3 is 0 Å². The fourth-order valence-corrected chi connectivity index (χ4v) is 1.65. The zero-order valence-corrected chi connectivity index (χ0v) is 9.78. The molecule has 0 radical (unpaired) electrons. The zero-order chi connectivity index (χ0) is 11.4. The lowest BCUT2D eigenvalue weighted by molar-refractivity contribution is 0.0322. The zero-order valence-electron chi connectivity index (χ0n) is 9.02. The molecule has 1 aromatic rings. The molecule has 2 N–H and O–H groups in total. The molecule has 0 aromatic carbocycles. The second-order valence-corrected chi connectivity index (χ2v) is 3.88. The summed E-state index contributed by atoms with van der Waals surface area (Å²) >= 11 is 5.48. The molecule has 4 nitrogen and oxygen atoms in total. The van der Waals surface area contributed by atoms with Crippen molar-refractivity contribution < 1.29 is 10.2 Å². The molecule has 15 heavy (non-hydrogen) atoms. The van der Waals surface area contributed by atoms with Crippen molar-refractivity contribution >= 4 is 11.6 Å². The Morgan fingerprint density at radius 1 is 1.53 bits per heavy atom. The Labute approximate surface area is 94.5 Å². The van der Waals surface area contributed by atoms with E-state index in [9.17, 15) is 10.2 Å². The van der Waals surface area contributed by atoms with Crippen LogP contribution in [0.25, 0.3) is 0 Å². The summed E-state index contributed by atoms with van der Waals surface area (Å²) in [7, 11) is 0. The monoisotopic (exact) mass is 232 g/mol. The molecule has 0 bridgehead atoms. The van der Waals surface area contributed by atoms with Crippen LogP contribution >= 0.6 is 11.6 Å². The van der Waals surface area contributed by atoms with Crippen LogP contribution in [-0.2, 0) is 6.54 Å². The fraction of sp³-hybridized carbons (Fsp3) is 0.700. The average Bonchev–Trinajstić information content (AvgIpc) is 2.59. The van der Waals surface area contributed by atoms with Gasteiger partial charge in [-0.25, -0.2) is 0 Å².